The Balaban J connectivity index is 2.46. The average molecular weight is 264 g/mol. The Bertz CT molecular complexity index is 665. The van der Waals surface area contributed by atoms with Gasteiger partial charge in [-0.05, 0) is 19.1 Å². The van der Waals surface area contributed by atoms with E-state index in [-0.39, 0.29) is 24.2 Å². The standard InChI is InChI=1S/C14H14F2N2O/c1-9-2-3-10(7-17)14(19)18(9)8-11-4-5-12(15)6-13(11)16/h2-6H,7-8,17H2,1H3. The summed E-state index contributed by atoms with van der Waals surface area (Å²) in [5.41, 5.74) is 6.66. The molecule has 19 heavy (non-hydrogen) atoms. The van der Waals surface area contributed by atoms with Crippen molar-refractivity contribution in [2.75, 3.05) is 0 Å². The van der Waals surface area contributed by atoms with Crippen molar-refractivity contribution in [3.8, 4) is 0 Å². The van der Waals surface area contributed by atoms with Gasteiger partial charge in [-0.2, -0.15) is 0 Å². The minimum Gasteiger partial charge on any atom is -0.326 e. The van der Waals surface area contributed by atoms with E-state index in [1.807, 2.05) is 0 Å². The number of hydrogen-bond donors (Lipinski definition) is 1. The zero-order valence-electron chi connectivity index (χ0n) is 10.5. The second kappa shape index (κ2) is 5.32. The third-order valence-electron chi connectivity index (χ3n) is 3.03. The molecule has 1 heterocycles. The molecule has 5 heteroatoms. The lowest BCUT2D eigenvalue weighted by molar-refractivity contribution is 0.562. The molecule has 0 aliphatic rings. The first kappa shape index (κ1) is 13.4. The van der Waals surface area contributed by atoms with Crippen LogP contribution in [0.2, 0.25) is 0 Å². The topological polar surface area (TPSA) is 48.0 Å². The summed E-state index contributed by atoms with van der Waals surface area (Å²) in [6.45, 7) is 1.94. The van der Waals surface area contributed by atoms with Crippen LogP contribution in [0.25, 0.3) is 0 Å². The highest BCUT2D eigenvalue weighted by Crippen LogP contribution is 2.11. The molecular formula is C14H14F2N2O. The molecule has 0 unspecified atom stereocenters. The van der Waals surface area contributed by atoms with Crippen molar-refractivity contribution in [2.45, 2.75) is 20.0 Å². The van der Waals surface area contributed by atoms with Crippen molar-refractivity contribution in [2.24, 2.45) is 5.73 Å². The van der Waals surface area contributed by atoms with Crippen LogP contribution in [0.1, 0.15) is 16.8 Å². The van der Waals surface area contributed by atoms with Gasteiger partial charge in [-0.25, -0.2) is 8.78 Å². The predicted molar refractivity (Wildman–Crippen MR) is 68.8 cm³/mol. The van der Waals surface area contributed by atoms with Crippen molar-refractivity contribution in [1.29, 1.82) is 0 Å². The van der Waals surface area contributed by atoms with E-state index in [0.717, 1.165) is 6.07 Å². The highest BCUT2D eigenvalue weighted by molar-refractivity contribution is 5.22. The number of rotatable bonds is 3. The Labute approximate surface area is 109 Å². The van der Waals surface area contributed by atoms with Crippen molar-refractivity contribution in [1.82, 2.24) is 4.57 Å². The second-order valence-electron chi connectivity index (χ2n) is 4.33. The molecule has 1 aromatic heterocycles. The molecule has 0 spiro atoms. The van der Waals surface area contributed by atoms with Gasteiger partial charge < -0.3 is 10.3 Å². The van der Waals surface area contributed by atoms with E-state index < -0.39 is 11.6 Å². The van der Waals surface area contributed by atoms with Gasteiger partial charge in [0.1, 0.15) is 11.6 Å². The predicted octanol–water partition coefficient (Wildman–Crippen LogP) is 1.94. The molecule has 3 nitrogen and oxygen atoms in total. The second-order valence-corrected chi connectivity index (χ2v) is 4.33. The summed E-state index contributed by atoms with van der Waals surface area (Å²) in [6, 6.07) is 6.74. The zero-order chi connectivity index (χ0) is 14.0. The van der Waals surface area contributed by atoms with Crippen molar-refractivity contribution >= 4 is 0 Å². The van der Waals surface area contributed by atoms with E-state index in [4.69, 9.17) is 5.73 Å². The Hall–Kier alpha value is -2.01. The van der Waals surface area contributed by atoms with Crippen LogP contribution in [-0.4, -0.2) is 4.57 Å². The van der Waals surface area contributed by atoms with E-state index in [1.54, 1.807) is 19.1 Å². The number of aromatic nitrogens is 1. The molecule has 2 rings (SSSR count). The van der Waals surface area contributed by atoms with Crippen LogP contribution in [0, 0.1) is 18.6 Å². The van der Waals surface area contributed by atoms with Gasteiger partial charge in [-0.15, -0.1) is 0 Å². The molecule has 0 aliphatic heterocycles. The minimum atomic E-state index is -0.663. The third-order valence-corrected chi connectivity index (χ3v) is 3.03. The van der Waals surface area contributed by atoms with E-state index in [2.05, 4.69) is 0 Å². The number of nitrogens with zero attached hydrogens (tertiary/aromatic N) is 1. The smallest absolute Gasteiger partial charge is 0.255 e. The summed E-state index contributed by atoms with van der Waals surface area (Å²) < 4.78 is 27.9. The molecule has 0 saturated heterocycles. The van der Waals surface area contributed by atoms with Crippen molar-refractivity contribution in [3.63, 3.8) is 0 Å². The molecule has 100 valence electrons. The minimum absolute atomic E-state index is 0.0601. The molecule has 2 aromatic rings. The fourth-order valence-electron chi connectivity index (χ4n) is 1.89. The summed E-state index contributed by atoms with van der Waals surface area (Å²) in [4.78, 5) is 12.1. The van der Waals surface area contributed by atoms with E-state index >= 15 is 0 Å². The number of pyridine rings is 1. The molecule has 0 amide bonds. The maximum Gasteiger partial charge on any atom is 0.255 e. The van der Waals surface area contributed by atoms with Gasteiger partial charge in [0.2, 0.25) is 0 Å². The van der Waals surface area contributed by atoms with Gasteiger partial charge in [0.25, 0.3) is 5.56 Å². The van der Waals surface area contributed by atoms with Gasteiger partial charge >= 0.3 is 0 Å². The van der Waals surface area contributed by atoms with Crippen LogP contribution < -0.4 is 11.3 Å². The average Bonchev–Trinajstić information content (AvgIpc) is 2.37. The van der Waals surface area contributed by atoms with E-state index in [1.165, 1.54) is 16.7 Å². The zero-order valence-corrected chi connectivity index (χ0v) is 10.5. The van der Waals surface area contributed by atoms with Crippen LogP contribution >= 0.6 is 0 Å². The lowest BCUT2D eigenvalue weighted by Crippen LogP contribution is -2.27. The highest BCUT2D eigenvalue weighted by Gasteiger charge is 2.09. The summed E-state index contributed by atoms with van der Waals surface area (Å²) in [6.07, 6.45) is 0. The lowest BCUT2D eigenvalue weighted by atomic mass is 10.2. The maximum absolute atomic E-state index is 13.6. The van der Waals surface area contributed by atoms with Gasteiger partial charge in [0, 0.05) is 29.4 Å². The summed E-state index contributed by atoms with van der Waals surface area (Å²) in [7, 11) is 0. The Kier molecular flexibility index (Phi) is 3.76. The number of hydrogen-bond acceptors (Lipinski definition) is 2. The highest BCUT2D eigenvalue weighted by atomic mass is 19.1. The monoisotopic (exact) mass is 264 g/mol. The Morgan fingerprint density at radius 3 is 2.47 bits per heavy atom. The first-order chi connectivity index (χ1) is 9.02. The number of aryl methyl sites for hydroxylation is 1. The van der Waals surface area contributed by atoms with E-state index in [9.17, 15) is 13.6 Å². The van der Waals surface area contributed by atoms with Crippen LogP contribution in [-0.2, 0) is 13.1 Å². The fourth-order valence-corrected chi connectivity index (χ4v) is 1.89. The molecule has 0 aliphatic carbocycles. The summed E-state index contributed by atoms with van der Waals surface area (Å²) in [5.74, 6) is -1.30. The SMILES string of the molecule is Cc1ccc(CN)c(=O)n1Cc1ccc(F)cc1F. The molecular weight excluding hydrogens is 250 g/mol. The van der Waals surface area contributed by atoms with Gasteiger partial charge in [-0.3, -0.25) is 4.79 Å². The molecule has 0 atom stereocenters. The number of benzene rings is 1. The van der Waals surface area contributed by atoms with Crippen LogP contribution in [0.3, 0.4) is 0 Å². The molecule has 1 aromatic carbocycles. The summed E-state index contributed by atoms with van der Waals surface area (Å²) >= 11 is 0. The molecule has 0 saturated carbocycles. The summed E-state index contributed by atoms with van der Waals surface area (Å²) in [5, 5.41) is 0. The molecule has 0 bridgehead atoms. The Morgan fingerprint density at radius 1 is 1.16 bits per heavy atom. The first-order valence-electron chi connectivity index (χ1n) is 5.86. The largest absolute Gasteiger partial charge is 0.326 e. The number of nitrogens with two attached hydrogens (primary N) is 1. The van der Waals surface area contributed by atoms with Gasteiger partial charge in [-0.1, -0.05) is 12.1 Å². The maximum atomic E-state index is 13.6. The van der Waals surface area contributed by atoms with Crippen molar-refractivity contribution < 1.29 is 8.78 Å². The van der Waals surface area contributed by atoms with Crippen LogP contribution in [0.5, 0.6) is 0 Å². The quantitative estimate of drug-likeness (QED) is 0.921. The molecule has 0 fully saturated rings. The van der Waals surface area contributed by atoms with Gasteiger partial charge in [0.15, 0.2) is 0 Å². The normalized spacial score (nSPS) is 10.7. The number of halogens is 2. The first-order valence-corrected chi connectivity index (χ1v) is 5.86. The molecule has 0 radical (unpaired) electrons. The Morgan fingerprint density at radius 2 is 1.84 bits per heavy atom. The molecule has 2 N–H and O–H groups in total. The van der Waals surface area contributed by atoms with Crippen molar-refractivity contribution in [3.05, 3.63) is 69.1 Å². The fraction of sp³-hybridized carbons (Fsp3) is 0.214. The van der Waals surface area contributed by atoms with Crippen LogP contribution in [0.4, 0.5) is 8.78 Å². The third kappa shape index (κ3) is 2.71. The van der Waals surface area contributed by atoms with E-state index in [0.29, 0.717) is 11.3 Å². The van der Waals surface area contributed by atoms with Crippen LogP contribution in [0.15, 0.2) is 35.1 Å². The van der Waals surface area contributed by atoms with Gasteiger partial charge in [0.05, 0.1) is 6.54 Å². The lowest BCUT2D eigenvalue weighted by Gasteiger charge is -2.12.